The molecule has 0 unspecified atom stereocenters. The minimum atomic E-state index is -0.615. The third-order valence-corrected chi connectivity index (χ3v) is 2.16. The number of rotatable bonds is 6. The number of aromatic nitrogens is 1. The van der Waals surface area contributed by atoms with Gasteiger partial charge in [0.05, 0.1) is 4.92 Å². The van der Waals surface area contributed by atoms with Crippen LogP contribution in [-0.2, 0) is 0 Å². The zero-order valence-electron chi connectivity index (χ0n) is 10.3. The average molecular weight is 249 g/mol. The van der Waals surface area contributed by atoms with Crippen molar-refractivity contribution in [1.82, 2.24) is 10.3 Å². The molecule has 0 aliphatic carbocycles. The minimum Gasteiger partial charge on any atom is -0.369 e. The predicted molar refractivity (Wildman–Crippen MR) is 67.2 cm³/mol. The molecule has 0 aliphatic heterocycles. The summed E-state index contributed by atoms with van der Waals surface area (Å²) < 4.78 is 0. The van der Waals surface area contributed by atoms with E-state index in [-0.39, 0.29) is 11.4 Å². The summed E-state index contributed by atoms with van der Waals surface area (Å²) in [6.45, 7) is 5.46. The average Bonchev–Trinajstić information content (AvgIpc) is 2.33. The summed E-state index contributed by atoms with van der Waals surface area (Å²) in [4.78, 5) is 13.9. The van der Waals surface area contributed by atoms with Crippen LogP contribution in [0.5, 0.6) is 0 Å². The van der Waals surface area contributed by atoms with Gasteiger partial charge in [0.25, 0.3) is 0 Å². The first kappa shape index (κ1) is 13.9. The fraction of sp³-hybridized carbons (Fsp3) is 0.455. The van der Waals surface area contributed by atoms with E-state index in [0.717, 1.165) is 6.54 Å². The number of nitro groups is 1. The lowest BCUT2D eigenvalue weighted by Crippen LogP contribution is -2.28. The van der Waals surface area contributed by atoms with E-state index in [1.165, 1.54) is 12.1 Å². The molecule has 1 aromatic heterocycles. The lowest BCUT2D eigenvalue weighted by molar-refractivity contribution is -0.385. The van der Waals surface area contributed by atoms with E-state index >= 15 is 0 Å². The Bertz CT molecular complexity index is 467. The molecule has 18 heavy (non-hydrogen) atoms. The van der Waals surface area contributed by atoms with E-state index in [9.17, 15) is 10.1 Å². The van der Waals surface area contributed by atoms with Crippen LogP contribution in [0.2, 0.25) is 0 Å². The summed E-state index contributed by atoms with van der Waals surface area (Å²) in [7, 11) is 0. The zero-order valence-corrected chi connectivity index (χ0v) is 10.3. The Kier molecular flexibility index (Phi) is 5.02. The highest BCUT2D eigenvalue weighted by atomic mass is 16.6. The summed E-state index contributed by atoms with van der Waals surface area (Å²) >= 11 is 0. The number of anilines is 1. The Labute approximate surface area is 105 Å². The second-order valence-electron chi connectivity index (χ2n) is 3.97. The van der Waals surface area contributed by atoms with Gasteiger partial charge in [0.15, 0.2) is 0 Å². The van der Waals surface area contributed by atoms with Crippen LogP contribution in [0.4, 0.5) is 11.5 Å². The van der Waals surface area contributed by atoms with Crippen molar-refractivity contribution >= 4 is 11.5 Å². The maximum atomic E-state index is 10.6. The largest absolute Gasteiger partial charge is 0.369 e. The monoisotopic (exact) mass is 249 g/mol. The smallest absolute Gasteiger partial charge is 0.305 e. The molecule has 1 heterocycles. The van der Waals surface area contributed by atoms with Gasteiger partial charge in [0.1, 0.15) is 11.9 Å². The van der Waals surface area contributed by atoms with Crippen molar-refractivity contribution in [3.63, 3.8) is 0 Å². The Morgan fingerprint density at radius 1 is 1.50 bits per heavy atom. The number of hydrogen-bond donors (Lipinski definition) is 2. The first-order valence-corrected chi connectivity index (χ1v) is 5.57. The van der Waals surface area contributed by atoms with Gasteiger partial charge in [-0.1, -0.05) is 13.8 Å². The van der Waals surface area contributed by atoms with Gasteiger partial charge in [0.2, 0.25) is 5.69 Å². The number of nitriles is 1. The molecule has 0 aromatic carbocycles. The zero-order chi connectivity index (χ0) is 13.5. The van der Waals surface area contributed by atoms with Crippen LogP contribution in [0.3, 0.4) is 0 Å². The molecule has 0 aliphatic rings. The van der Waals surface area contributed by atoms with Crippen LogP contribution in [0.15, 0.2) is 12.1 Å². The molecule has 0 fully saturated rings. The van der Waals surface area contributed by atoms with E-state index in [1.54, 1.807) is 6.07 Å². The fourth-order valence-electron chi connectivity index (χ4n) is 1.33. The number of pyridine rings is 1. The summed E-state index contributed by atoms with van der Waals surface area (Å²) in [5.74, 6) is 0.461. The van der Waals surface area contributed by atoms with Crippen molar-refractivity contribution in [3.05, 3.63) is 27.9 Å². The van der Waals surface area contributed by atoms with Gasteiger partial charge >= 0.3 is 5.69 Å². The molecule has 0 spiro atoms. The fourth-order valence-corrected chi connectivity index (χ4v) is 1.33. The van der Waals surface area contributed by atoms with Crippen LogP contribution in [-0.4, -0.2) is 29.0 Å². The molecule has 0 bridgehead atoms. The first-order chi connectivity index (χ1) is 8.54. The van der Waals surface area contributed by atoms with Crippen molar-refractivity contribution in [2.45, 2.75) is 19.9 Å². The van der Waals surface area contributed by atoms with Crippen molar-refractivity contribution in [1.29, 1.82) is 5.26 Å². The summed E-state index contributed by atoms with van der Waals surface area (Å²) in [6.07, 6.45) is 0. The third-order valence-electron chi connectivity index (χ3n) is 2.16. The molecule has 96 valence electrons. The van der Waals surface area contributed by atoms with Crippen LogP contribution in [0.25, 0.3) is 0 Å². The predicted octanol–water partition coefficient (Wildman–Crippen LogP) is 1.27. The Balaban J connectivity index is 2.63. The van der Waals surface area contributed by atoms with E-state index < -0.39 is 4.92 Å². The van der Waals surface area contributed by atoms with E-state index in [4.69, 9.17) is 5.26 Å². The van der Waals surface area contributed by atoms with Gasteiger partial charge in [0, 0.05) is 25.2 Å². The van der Waals surface area contributed by atoms with Crippen molar-refractivity contribution in [3.8, 4) is 6.07 Å². The lowest BCUT2D eigenvalue weighted by Gasteiger charge is -2.09. The van der Waals surface area contributed by atoms with Crippen LogP contribution in [0.1, 0.15) is 19.5 Å². The highest BCUT2D eigenvalue weighted by molar-refractivity contribution is 5.50. The van der Waals surface area contributed by atoms with Crippen molar-refractivity contribution in [2.75, 3.05) is 18.4 Å². The van der Waals surface area contributed by atoms with Crippen molar-refractivity contribution < 1.29 is 4.92 Å². The van der Waals surface area contributed by atoms with Gasteiger partial charge in [-0.25, -0.2) is 4.98 Å². The molecular weight excluding hydrogens is 234 g/mol. The maximum absolute atomic E-state index is 10.6. The quantitative estimate of drug-likeness (QED) is 0.447. The summed E-state index contributed by atoms with van der Waals surface area (Å²) in [5, 5.41) is 25.6. The second-order valence-corrected chi connectivity index (χ2v) is 3.97. The number of nitrogens with zero attached hydrogens (tertiary/aromatic N) is 3. The molecule has 0 saturated carbocycles. The van der Waals surface area contributed by atoms with Gasteiger partial charge in [-0.2, -0.15) is 5.26 Å². The molecule has 0 radical (unpaired) electrons. The Hall–Kier alpha value is -2.20. The molecule has 0 amide bonds. The molecule has 1 rings (SSSR count). The standard InChI is InChI=1S/C11H15N5O2/c1-8(2)13-5-6-14-11-4-3-10(16(17)18)9(7-12)15-11/h3-4,8,13H,5-6H2,1-2H3,(H,14,15). The number of hydrogen-bond acceptors (Lipinski definition) is 6. The van der Waals surface area contributed by atoms with Crippen LogP contribution in [0, 0.1) is 21.4 Å². The van der Waals surface area contributed by atoms with Gasteiger partial charge in [-0.3, -0.25) is 10.1 Å². The molecule has 7 nitrogen and oxygen atoms in total. The number of nitrogens with one attached hydrogen (secondary N) is 2. The minimum absolute atomic E-state index is 0.179. The van der Waals surface area contributed by atoms with E-state index in [1.807, 2.05) is 13.8 Å². The molecule has 0 saturated heterocycles. The first-order valence-electron chi connectivity index (χ1n) is 5.57. The van der Waals surface area contributed by atoms with Crippen LogP contribution >= 0.6 is 0 Å². The molecule has 7 heteroatoms. The molecule has 0 atom stereocenters. The highest BCUT2D eigenvalue weighted by Crippen LogP contribution is 2.17. The van der Waals surface area contributed by atoms with Gasteiger partial charge in [-0.05, 0) is 6.07 Å². The highest BCUT2D eigenvalue weighted by Gasteiger charge is 2.15. The van der Waals surface area contributed by atoms with E-state index in [0.29, 0.717) is 18.4 Å². The van der Waals surface area contributed by atoms with Gasteiger partial charge in [-0.15, -0.1) is 0 Å². The normalized spacial score (nSPS) is 10.1. The summed E-state index contributed by atoms with van der Waals surface area (Å²) in [6, 6.07) is 4.89. The third kappa shape index (κ3) is 3.99. The van der Waals surface area contributed by atoms with Gasteiger partial charge < -0.3 is 10.6 Å². The van der Waals surface area contributed by atoms with E-state index in [2.05, 4.69) is 15.6 Å². The molecular formula is C11H15N5O2. The molecule has 1 aromatic rings. The summed E-state index contributed by atoms with van der Waals surface area (Å²) in [5.41, 5.74) is -0.454. The SMILES string of the molecule is CC(C)NCCNc1ccc([N+](=O)[O-])c(C#N)n1. The maximum Gasteiger partial charge on any atom is 0.305 e. The second kappa shape index (κ2) is 6.51. The molecule has 2 N–H and O–H groups in total. The Morgan fingerprint density at radius 3 is 2.78 bits per heavy atom. The lowest BCUT2D eigenvalue weighted by atomic mass is 10.3. The Morgan fingerprint density at radius 2 is 2.22 bits per heavy atom. The van der Waals surface area contributed by atoms with Crippen LogP contribution < -0.4 is 10.6 Å². The van der Waals surface area contributed by atoms with Crippen molar-refractivity contribution in [2.24, 2.45) is 0 Å². The topological polar surface area (TPSA) is 104 Å².